The molecule has 0 bridgehead atoms. The molecule has 0 atom stereocenters. The maximum absolute atomic E-state index is 10.8. The van der Waals surface area contributed by atoms with Crippen LogP contribution in [0.4, 0.5) is 5.69 Å². The first-order chi connectivity index (χ1) is 9.18. The number of hydrogen-bond acceptors (Lipinski definition) is 5. The minimum absolute atomic E-state index is 0.0608. The molecule has 2 rings (SSSR count). The van der Waals surface area contributed by atoms with Gasteiger partial charge in [-0.25, -0.2) is 0 Å². The van der Waals surface area contributed by atoms with E-state index in [2.05, 4.69) is 0 Å². The molecule has 7 heteroatoms. The van der Waals surface area contributed by atoms with Crippen LogP contribution in [0.1, 0.15) is 33.3 Å². The number of non-ortho nitro benzene ring substituents is 1. The second-order valence-corrected chi connectivity index (χ2v) is 5.89. The lowest BCUT2D eigenvalue weighted by Crippen LogP contribution is -2.41. The number of nitrogens with zero attached hydrogens (tertiary/aromatic N) is 1. The van der Waals surface area contributed by atoms with Crippen molar-refractivity contribution in [3.63, 3.8) is 0 Å². The van der Waals surface area contributed by atoms with E-state index in [9.17, 15) is 15.2 Å². The lowest BCUT2D eigenvalue weighted by Gasteiger charge is -2.32. The van der Waals surface area contributed by atoms with Crippen molar-refractivity contribution < 1.29 is 19.3 Å². The van der Waals surface area contributed by atoms with Crippen molar-refractivity contribution in [2.75, 3.05) is 0 Å². The van der Waals surface area contributed by atoms with Gasteiger partial charge >= 0.3 is 7.12 Å². The fourth-order valence-electron chi connectivity index (χ4n) is 2.04. The van der Waals surface area contributed by atoms with Crippen LogP contribution in [0, 0.1) is 10.1 Å². The Bertz CT molecular complexity index is 528. The Hall–Kier alpha value is -1.44. The molecule has 0 radical (unpaired) electrons. The number of aliphatic hydroxyl groups is 1. The normalized spacial score (nSPS) is 20.1. The summed E-state index contributed by atoms with van der Waals surface area (Å²) in [5.41, 5.74) is 0.0157. The van der Waals surface area contributed by atoms with E-state index < -0.39 is 23.2 Å². The molecule has 0 unspecified atom stereocenters. The van der Waals surface area contributed by atoms with Gasteiger partial charge in [0.05, 0.1) is 22.7 Å². The summed E-state index contributed by atoms with van der Waals surface area (Å²) < 4.78 is 11.8. The van der Waals surface area contributed by atoms with E-state index in [4.69, 9.17) is 9.31 Å². The molecule has 1 aliphatic rings. The van der Waals surface area contributed by atoms with Gasteiger partial charge in [0.15, 0.2) is 0 Å². The van der Waals surface area contributed by atoms with Crippen molar-refractivity contribution in [3.8, 4) is 0 Å². The van der Waals surface area contributed by atoms with Crippen molar-refractivity contribution >= 4 is 18.3 Å². The van der Waals surface area contributed by atoms with E-state index in [0.29, 0.717) is 11.0 Å². The summed E-state index contributed by atoms with van der Waals surface area (Å²) in [5, 5.41) is 20.2. The Balaban J connectivity index is 2.37. The molecule has 1 N–H and O–H groups in total. The van der Waals surface area contributed by atoms with Crippen molar-refractivity contribution in [1.29, 1.82) is 0 Å². The molecular formula is C13H18BNO5. The third-order valence-electron chi connectivity index (χ3n) is 4.01. The Kier molecular flexibility index (Phi) is 3.62. The number of nitro groups is 1. The van der Waals surface area contributed by atoms with E-state index in [1.165, 1.54) is 12.1 Å². The van der Waals surface area contributed by atoms with Gasteiger partial charge in [0.1, 0.15) is 0 Å². The molecule has 108 valence electrons. The average molecular weight is 279 g/mol. The minimum atomic E-state index is -0.636. The number of nitro benzene ring substituents is 1. The van der Waals surface area contributed by atoms with Crippen LogP contribution in [0.15, 0.2) is 18.2 Å². The van der Waals surface area contributed by atoms with E-state index in [1.807, 2.05) is 27.7 Å². The van der Waals surface area contributed by atoms with Gasteiger partial charge in [0, 0.05) is 12.1 Å². The lowest BCUT2D eigenvalue weighted by atomic mass is 9.76. The zero-order valence-electron chi connectivity index (χ0n) is 12.0. The highest BCUT2D eigenvalue weighted by molar-refractivity contribution is 6.62. The van der Waals surface area contributed by atoms with Crippen LogP contribution < -0.4 is 5.46 Å². The molecule has 6 nitrogen and oxygen atoms in total. The van der Waals surface area contributed by atoms with Gasteiger partial charge in [0.2, 0.25) is 0 Å². The van der Waals surface area contributed by atoms with Crippen LogP contribution in [-0.2, 0) is 15.9 Å². The summed E-state index contributed by atoms with van der Waals surface area (Å²) in [6, 6.07) is 4.31. The number of benzene rings is 1. The maximum Gasteiger partial charge on any atom is 0.495 e. The number of aliphatic hydroxyl groups excluding tert-OH is 1. The smallest absolute Gasteiger partial charge is 0.399 e. The van der Waals surface area contributed by atoms with E-state index in [1.54, 1.807) is 6.07 Å². The van der Waals surface area contributed by atoms with Crippen LogP contribution in [0.25, 0.3) is 0 Å². The SMILES string of the molecule is CC1(C)OB(c2ccc([N+](=O)[O-])cc2CO)OC1(C)C. The molecule has 0 aromatic heterocycles. The molecule has 1 saturated heterocycles. The zero-order valence-corrected chi connectivity index (χ0v) is 12.0. The molecule has 0 aliphatic carbocycles. The standard InChI is InChI=1S/C13H18BNO5/c1-12(2)13(3,4)20-14(19-12)11-6-5-10(15(17)18)7-9(11)8-16/h5-7,16H,8H2,1-4H3. The van der Waals surface area contributed by atoms with Crippen LogP contribution in [0.5, 0.6) is 0 Å². The quantitative estimate of drug-likeness (QED) is 0.513. The van der Waals surface area contributed by atoms with Crippen molar-refractivity contribution in [2.24, 2.45) is 0 Å². The van der Waals surface area contributed by atoms with Gasteiger partial charge in [-0.3, -0.25) is 10.1 Å². The molecular weight excluding hydrogens is 261 g/mol. The van der Waals surface area contributed by atoms with Crippen molar-refractivity contribution in [1.82, 2.24) is 0 Å². The Morgan fingerprint density at radius 2 is 1.80 bits per heavy atom. The van der Waals surface area contributed by atoms with E-state index in [-0.39, 0.29) is 12.3 Å². The van der Waals surface area contributed by atoms with Gasteiger partial charge in [-0.2, -0.15) is 0 Å². The van der Waals surface area contributed by atoms with Crippen LogP contribution in [0.3, 0.4) is 0 Å². The third-order valence-corrected chi connectivity index (χ3v) is 4.01. The third kappa shape index (κ3) is 2.44. The van der Waals surface area contributed by atoms with Gasteiger partial charge in [-0.05, 0) is 38.7 Å². The molecule has 0 spiro atoms. The second-order valence-electron chi connectivity index (χ2n) is 5.89. The fourth-order valence-corrected chi connectivity index (χ4v) is 2.04. The molecule has 0 amide bonds. The van der Waals surface area contributed by atoms with E-state index in [0.717, 1.165) is 0 Å². The summed E-state index contributed by atoms with van der Waals surface area (Å²) in [5.74, 6) is 0. The summed E-state index contributed by atoms with van der Waals surface area (Å²) in [6.45, 7) is 7.41. The highest BCUT2D eigenvalue weighted by atomic mass is 16.7. The first kappa shape index (κ1) is 15.0. The molecule has 1 aliphatic heterocycles. The second kappa shape index (κ2) is 4.84. The van der Waals surface area contributed by atoms with Gasteiger partial charge in [0.25, 0.3) is 5.69 Å². The average Bonchev–Trinajstić information content (AvgIpc) is 2.57. The number of hydrogen-bond donors (Lipinski definition) is 1. The van der Waals surface area contributed by atoms with Crippen molar-refractivity contribution in [3.05, 3.63) is 33.9 Å². The first-order valence-electron chi connectivity index (χ1n) is 6.41. The Labute approximate surface area is 118 Å². The molecule has 1 fully saturated rings. The van der Waals surface area contributed by atoms with Gasteiger partial charge < -0.3 is 14.4 Å². The minimum Gasteiger partial charge on any atom is -0.399 e. The van der Waals surface area contributed by atoms with Gasteiger partial charge in [-0.1, -0.05) is 6.07 Å². The number of rotatable bonds is 3. The predicted molar refractivity (Wildman–Crippen MR) is 74.7 cm³/mol. The highest BCUT2D eigenvalue weighted by Crippen LogP contribution is 2.36. The lowest BCUT2D eigenvalue weighted by molar-refractivity contribution is -0.384. The summed E-state index contributed by atoms with van der Waals surface area (Å²) in [7, 11) is -0.636. The molecule has 20 heavy (non-hydrogen) atoms. The maximum atomic E-state index is 10.8. The Morgan fingerprint density at radius 3 is 2.25 bits per heavy atom. The first-order valence-corrected chi connectivity index (χ1v) is 6.41. The molecule has 1 aromatic rings. The molecule has 1 heterocycles. The zero-order chi connectivity index (χ0) is 15.1. The van der Waals surface area contributed by atoms with Crippen molar-refractivity contribution in [2.45, 2.75) is 45.5 Å². The van der Waals surface area contributed by atoms with E-state index >= 15 is 0 Å². The predicted octanol–water partition coefficient (Wildman–Crippen LogP) is 1.39. The largest absolute Gasteiger partial charge is 0.495 e. The molecule has 1 aromatic carbocycles. The summed E-state index contributed by atoms with van der Waals surface area (Å²) in [6.07, 6.45) is 0. The monoisotopic (exact) mass is 279 g/mol. The Morgan fingerprint density at radius 1 is 1.25 bits per heavy atom. The highest BCUT2D eigenvalue weighted by Gasteiger charge is 2.52. The van der Waals surface area contributed by atoms with Crippen LogP contribution in [-0.4, -0.2) is 28.4 Å². The fraction of sp³-hybridized carbons (Fsp3) is 0.538. The van der Waals surface area contributed by atoms with Crippen LogP contribution >= 0.6 is 0 Å². The topological polar surface area (TPSA) is 81.8 Å². The summed E-state index contributed by atoms with van der Waals surface area (Å²) >= 11 is 0. The van der Waals surface area contributed by atoms with Crippen LogP contribution in [0.2, 0.25) is 0 Å². The van der Waals surface area contributed by atoms with Gasteiger partial charge in [-0.15, -0.1) is 0 Å². The molecule has 0 saturated carbocycles. The summed E-state index contributed by atoms with van der Waals surface area (Å²) in [4.78, 5) is 10.3.